The summed E-state index contributed by atoms with van der Waals surface area (Å²) in [5, 5.41) is -0.0128. The number of rotatable bonds is 11. The monoisotopic (exact) mass is 594 g/mol. The van der Waals surface area contributed by atoms with Crippen molar-refractivity contribution in [2.75, 3.05) is 41.5 Å². The van der Waals surface area contributed by atoms with Crippen molar-refractivity contribution in [2.24, 2.45) is 0 Å². The van der Waals surface area contributed by atoms with E-state index in [4.69, 9.17) is 37.6 Å². The molecule has 0 spiro atoms. The van der Waals surface area contributed by atoms with Crippen LogP contribution < -0.4 is 29.1 Å². The van der Waals surface area contributed by atoms with Crippen LogP contribution in [0.15, 0.2) is 33.0 Å². The first-order chi connectivity index (χ1) is 19.8. The quantitative estimate of drug-likeness (QED) is 0.139. The molecular formula is C30H33F3O9. The molecule has 1 aliphatic rings. The maximum absolute atomic E-state index is 14.4. The third kappa shape index (κ3) is 6.29. The van der Waals surface area contributed by atoms with Crippen molar-refractivity contribution in [3.8, 4) is 28.7 Å². The number of alkyl halides is 3. The van der Waals surface area contributed by atoms with Crippen molar-refractivity contribution in [1.82, 2.24) is 0 Å². The summed E-state index contributed by atoms with van der Waals surface area (Å²) in [5.74, 6) is 0.0370. The normalized spacial score (nSPS) is 14.0. The Balaban J connectivity index is 2.21. The molecule has 4 rings (SSSR count). The van der Waals surface area contributed by atoms with Crippen LogP contribution in [0.4, 0.5) is 13.2 Å². The van der Waals surface area contributed by atoms with Gasteiger partial charge in [0.1, 0.15) is 22.3 Å². The van der Waals surface area contributed by atoms with Gasteiger partial charge in [-0.15, -0.1) is 0 Å². The first kappa shape index (κ1) is 31.0. The highest BCUT2D eigenvalue weighted by atomic mass is 19.4. The van der Waals surface area contributed by atoms with Crippen LogP contribution in [0.1, 0.15) is 38.8 Å². The van der Waals surface area contributed by atoms with E-state index in [0.29, 0.717) is 5.56 Å². The number of ether oxygens (including phenoxy) is 7. The Labute approximate surface area is 240 Å². The van der Waals surface area contributed by atoms with Crippen LogP contribution in [0.5, 0.6) is 28.7 Å². The molecule has 1 aliphatic heterocycles. The van der Waals surface area contributed by atoms with Gasteiger partial charge in [-0.1, -0.05) is 11.6 Å². The molecule has 0 unspecified atom stereocenters. The first-order valence-corrected chi connectivity index (χ1v) is 13.0. The second-order valence-corrected chi connectivity index (χ2v) is 10.3. The van der Waals surface area contributed by atoms with Crippen LogP contribution in [0, 0.1) is 0 Å². The summed E-state index contributed by atoms with van der Waals surface area (Å²) in [7, 11) is 4.27. The van der Waals surface area contributed by atoms with Gasteiger partial charge >= 0.3 is 6.18 Å². The molecule has 12 heteroatoms. The summed E-state index contributed by atoms with van der Waals surface area (Å²) in [6.45, 7) is 5.18. The predicted octanol–water partition coefficient (Wildman–Crippen LogP) is 6.55. The molecule has 3 aromatic rings. The molecule has 42 heavy (non-hydrogen) atoms. The van der Waals surface area contributed by atoms with Crippen molar-refractivity contribution >= 4 is 28.0 Å². The summed E-state index contributed by atoms with van der Waals surface area (Å²) in [4.78, 5) is 14.4. The molecule has 0 radical (unpaired) electrons. The van der Waals surface area contributed by atoms with Crippen molar-refractivity contribution in [3.63, 3.8) is 0 Å². The Bertz CT molecular complexity index is 1600. The number of benzene rings is 2. The van der Waals surface area contributed by atoms with Gasteiger partial charge in [0, 0.05) is 25.8 Å². The molecule has 0 amide bonds. The summed E-state index contributed by atoms with van der Waals surface area (Å²) in [6.07, 6.45) is 0.774. The Hall–Kier alpha value is -3.90. The molecule has 9 nitrogen and oxygen atoms in total. The standard InChI is InChI=1S/C30H33F3O9/c1-16(2)8-9-17-21-19(12-20(24(17)37-7)39-14-35-5)41-27-22(23(21)34)25(40-15-36-6)18-10-11-29(3,4)42-26(18)28(27)38-13-30(31,32)33/h8,10-12H,9,13-15H2,1-7H3. The van der Waals surface area contributed by atoms with Crippen molar-refractivity contribution < 1.29 is 50.7 Å². The molecule has 0 saturated carbocycles. The van der Waals surface area contributed by atoms with E-state index in [1.807, 2.05) is 19.9 Å². The highest BCUT2D eigenvalue weighted by Gasteiger charge is 2.36. The summed E-state index contributed by atoms with van der Waals surface area (Å²) in [5.41, 5.74) is -0.132. The van der Waals surface area contributed by atoms with Gasteiger partial charge in [-0.3, -0.25) is 4.79 Å². The van der Waals surface area contributed by atoms with Gasteiger partial charge in [0.25, 0.3) is 0 Å². The number of methoxy groups -OCH3 is 3. The first-order valence-electron chi connectivity index (χ1n) is 13.0. The lowest BCUT2D eigenvalue weighted by Gasteiger charge is -2.30. The van der Waals surface area contributed by atoms with Crippen molar-refractivity contribution in [2.45, 2.75) is 45.9 Å². The highest BCUT2D eigenvalue weighted by Crippen LogP contribution is 2.51. The van der Waals surface area contributed by atoms with E-state index in [1.54, 1.807) is 26.0 Å². The van der Waals surface area contributed by atoms with Gasteiger partial charge in [-0.2, -0.15) is 13.2 Å². The van der Waals surface area contributed by atoms with E-state index in [-0.39, 0.29) is 76.3 Å². The lowest BCUT2D eigenvalue weighted by atomic mass is 9.96. The average molecular weight is 595 g/mol. The second-order valence-electron chi connectivity index (χ2n) is 10.3. The van der Waals surface area contributed by atoms with E-state index in [0.717, 1.165) is 5.57 Å². The fourth-order valence-corrected chi connectivity index (χ4v) is 4.56. The van der Waals surface area contributed by atoms with Gasteiger partial charge in [0.05, 0.1) is 18.1 Å². The van der Waals surface area contributed by atoms with E-state index in [2.05, 4.69) is 0 Å². The highest BCUT2D eigenvalue weighted by molar-refractivity contribution is 6.02. The molecule has 0 fully saturated rings. The largest absolute Gasteiger partial charge is 0.493 e. The third-order valence-electron chi connectivity index (χ3n) is 6.30. The Morgan fingerprint density at radius 1 is 0.976 bits per heavy atom. The van der Waals surface area contributed by atoms with Crippen LogP contribution >= 0.6 is 0 Å². The minimum atomic E-state index is -4.69. The number of hydrogen-bond donors (Lipinski definition) is 0. The predicted molar refractivity (Wildman–Crippen MR) is 150 cm³/mol. The van der Waals surface area contributed by atoms with E-state index in [9.17, 15) is 18.0 Å². The van der Waals surface area contributed by atoms with Gasteiger partial charge < -0.3 is 37.6 Å². The van der Waals surface area contributed by atoms with E-state index >= 15 is 0 Å². The fourth-order valence-electron chi connectivity index (χ4n) is 4.56. The smallest absolute Gasteiger partial charge is 0.422 e. The van der Waals surface area contributed by atoms with Gasteiger partial charge in [-0.05, 0) is 46.3 Å². The Morgan fingerprint density at radius 2 is 1.67 bits per heavy atom. The zero-order chi connectivity index (χ0) is 30.8. The SMILES string of the molecule is COCOc1cc2oc3c(OCC(F)(F)F)c4c(c(OCOC)c3c(=O)c2c(CC=C(C)C)c1OC)C=CC(C)(C)O4. The number of halogens is 3. The fraction of sp³-hybridized carbons (Fsp3) is 0.433. The molecule has 0 bridgehead atoms. The molecule has 1 aromatic heterocycles. The topological polar surface area (TPSA) is 94.8 Å². The molecule has 2 heterocycles. The van der Waals surface area contributed by atoms with Gasteiger partial charge in [-0.25, -0.2) is 0 Å². The zero-order valence-electron chi connectivity index (χ0n) is 24.4. The minimum absolute atomic E-state index is 0.00968. The molecule has 2 aromatic carbocycles. The summed E-state index contributed by atoms with van der Waals surface area (Å²) < 4.78 is 85.2. The summed E-state index contributed by atoms with van der Waals surface area (Å²) >= 11 is 0. The van der Waals surface area contributed by atoms with Gasteiger partial charge in [0.15, 0.2) is 43.0 Å². The molecule has 0 N–H and O–H groups in total. The van der Waals surface area contributed by atoms with Crippen LogP contribution in [0.3, 0.4) is 0 Å². The Kier molecular flexibility index (Phi) is 8.98. The molecule has 0 atom stereocenters. The third-order valence-corrected chi connectivity index (χ3v) is 6.30. The van der Waals surface area contributed by atoms with E-state index < -0.39 is 23.8 Å². The second kappa shape index (κ2) is 12.1. The van der Waals surface area contributed by atoms with Crippen molar-refractivity contribution in [3.05, 3.63) is 45.1 Å². The lowest BCUT2D eigenvalue weighted by Crippen LogP contribution is -2.29. The maximum Gasteiger partial charge on any atom is 0.422 e. The molecular weight excluding hydrogens is 561 g/mol. The average Bonchev–Trinajstić information content (AvgIpc) is 2.91. The molecule has 0 aliphatic carbocycles. The summed E-state index contributed by atoms with van der Waals surface area (Å²) in [6, 6.07) is 1.42. The van der Waals surface area contributed by atoms with Crippen LogP contribution in [0.25, 0.3) is 28.0 Å². The maximum atomic E-state index is 14.4. The van der Waals surface area contributed by atoms with E-state index in [1.165, 1.54) is 27.4 Å². The van der Waals surface area contributed by atoms with Crippen LogP contribution in [-0.4, -0.2) is 53.3 Å². The number of allylic oxidation sites excluding steroid dienone is 2. The zero-order valence-corrected chi connectivity index (χ0v) is 24.4. The van der Waals surface area contributed by atoms with Crippen LogP contribution in [0.2, 0.25) is 0 Å². The Morgan fingerprint density at radius 3 is 2.29 bits per heavy atom. The lowest BCUT2D eigenvalue weighted by molar-refractivity contribution is -0.153. The minimum Gasteiger partial charge on any atom is -0.493 e. The molecule has 228 valence electrons. The number of hydrogen-bond acceptors (Lipinski definition) is 9. The molecule has 0 saturated heterocycles. The van der Waals surface area contributed by atoms with Crippen LogP contribution in [-0.2, 0) is 15.9 Å². The number of fused-ring (bicyclic) bond motifs is 3. The van der Waals surface area contributed by atoms with Gasteiger partial charge in [0.2, 0.25) is 11.2 Å². The van der Waals surface area contributed by atoms with Crippen molar-refractivity contribution in [1.29, 1.82) is 0 Å².